The number of ether oxygens (including phenoxy) is 1. The van der Waals surface area contributed by atoms with Crippen molar-refractivity contribution in [3.63, 3.8) is 0 Å². The zero-order valence-electron chi connectivity index (χ0n) is 11.4. The second-order valence-electron chi connectivity index (χ2n) is 4.56. The first kappa shape index (κ1) is 16.4. The van der Waals surface area contributed by atoms with Crippen LogP contribution >= 0.6 is 11.6 Å². The first-order valence-corrected chi connectivity index (χ1v) is 6.55. The van der Waals surface area contributed by atoms with Gasteiger partial charge in [0.25, 0.3) is 5.69 Å². The number of esters is 1. The van der Waals surface area contributed by atoms with Crippen molar-refractivity contribution in [2.45, 2.75) is 12.2 Å². The molecular weight excluding hydrogens is 320 g/mol. The van der Waals surface area contributed by atoms with Crippen LogP contribution in [0.4, 0.5) is 11.4 Å². The van der Waals surface area contributed by atoms with Crippen molar-refractivity contribution in [2.75, 3.05) is 25.3 Å². The number of carbonyl (C=O) groups excluding carboxylic acids is 1. The lowest BCUT2D eigenvalue weighted by molar-refractivity contribution is -0.384. The van der Waals surface area contributed by atoms with Crippen molar-refractivity contribution in [1.29, 1.82) is 0 Å². The van der Waals surface area contributed by atoms with E-state index in [1.165, 1.54) is 0 Å². The Labute approximate surface area is 129 Å². The molecule has 0 radical (unpaired) electrons. The van der Waals surface area contributed by atoms with Crippen LogP contribution in [-0.4, -0.2) is 53.6 Å². The number of nitrogens with zero attached hydrogens (tertiary/aromatic N) is 2. The Morgan fingerprint density at radius 3 is 2.73 bits per heavy atom. The van der Waals surface area contributed by atoms with Crippen LogP contribution in [0.25, 0.3) is 0 Å². The average Bonchev–Trinajstić information content (AvgIpc) is 2.48. The number of non-ortho nitro benzene ring substituents is 1. The van der Waals surface area contributed by atoms with Crippen LogP contribution in [-0.2, 0) is 9.57 Å². The van der Waals surface area contributed by atoms with Gasteiger partial charge in [-0.3, -0.25) is 15.0 Å². The molecule has 10 heteroatoms. The van der Waals surface area contributed by atoms with Crippen molar-refractivity contribution < 1.29 is 29.5 Å². The van der Waals surface area contributed by atoms with Gasteiger partial charge in [0.05, 0.1) is 34.9 Å². The summed E-state index contributed by atoms with van der Waals surface area (Å²) in [7, 11) is 1.12. The number of rotatable bonds is 3. The maximum atomic E-state index is 11.9. The predicted molar refractivity (Wildman–Crippen MR) is 74.8 cm³/mol. The molecule has 1 heterocycles. The van der Waals surface area contributed by atoms with Crippen LogP contribution in [0.5, 0.6) is 0 Å². The Hall–Kier alpha value is -1.94. The van der Waals surface area contributed by atoms with E-state index in [-0.39, 0.29) is 35.1 Å². The van der Waals surface area contributed by atoms with Crippen LogP contribution < -0.4 is 5.06 Å². The maximum absolute atomic E-state index is 11.9. The van der Waals surface area contributed by atoms with Gasteiger partial charge in [-0.25, -0.2) is 9.86 Å². The third kappa shape index (κ3) is 3.12. The van der Waals surface area contributed by atoms with Crippen LogP contribution in [0.15, 0.2) is 12.1 Å². The molecule has 0 unspecified atom stereocenters. The van der Waals surface area contributed by atoms with Crippen molar-refractivity contribution in [3.8, 4) is 0 Å². The van der Waals surface area contributed by atoms with Gasteiger partial charge in [-0.15, -0.1) is 0 Å². The number of halogens is 1. The number of hydrogen-bond donors (Lipinski definition) is 2. The highest BCUT2D eigenvalue weighted by atomic mass is 35.5. The lowest BCUT2D eigenvalue weighted by Gasteiger charge is -2.35. The van der Waals surface area contributed by atoms with E-state index in [0.29, 0.717) is 0 Å². The number of nitro benzene ring substituents is 1. The smallest absolute Gasteiger partial charge is 0.340 e. The summed E-state index contributed by atoms with van der Waals surface area (Å²) < 4.78 is 4.59. The summed E-state index contributed by atoms with van der Waals surface area (Å²) in [4.78, 5) is 27.3. The van der Waals surface area contributed by atoms with E-state index in [1.807, 2.05) is 0 Å². The second kappa shape index (κ2) is 6.44. The van der Waals surface area contributed by atoms with E-state index in [1.54, 1.807) is 0 Å². The van der Waals surface area contributed by atoms with Crippen molar-refractivity contribution in [3.05, 3.63) is 32.8 Å². The van der Waals surface area contributed by atoms with E-state index in [0.717, 1.165) is 24.3 Å². The number of nitro groups is 1. The molecule has 2 N–H and O–H groups in total. The molecule has 0 aliphatic carbocycles. The van der Waals surface area contributed by atoms with Gasteiger partial charge < -0.3 is 14.9 Å². The molecule has 2 atom stereocenters. The molecule has 120 valence electrons. The summed E-state index contributed by atoms with van der Waals surface area (Å²) in [5.41, 5.74) is -0.526. The van der Waals surface area contributed by atoms with Gasteiger partial charge in [-0.2, -0.15) is 0 Å². The molecule has 1 aromatic carbocycles. The van der Waals surface area contributed by atoms with Gasteiger partial charge in [0.1, 0.15) is 18.8 Å². The SMILES string of the molecule is COC(=O)c1cc([N+](=O)[O-])cc(Cl)c1N1C[C@@H](O)[C@@H](O)CO1. The topological polar surface area (TPSA) is 122 Å². The Morgan fingerprint density at radius 2 is 2.18 bits per heavy atom. The van der Waals surface area contributed by atoms with E-state index in [4.69, 9.17) is 16.4 Å². The molecule has 1 aliphatic heterocycles. The van der Waals surface area contributed by atoms with Gasteiger partial charge in [0.2, 0.25) is 0 Å². The third-order valence-corrected chi connectivity index (χ3v) is 3.40. The molecule has 0 amide bonds. The minimum atomic E-state index is -1.12. The van der Waals surface area contributed by atoms with E-state index >= 15 is 0 Å². The summed E-state index contributed by atoms with van der Waals surface area (Å²) >= 11 is 6.02. The number of benzene rings is 1. The normalized spacial score (nSPS) is 21.5. The Bertz CT molecular complexity index is 609. The lowest BCUT2D eigenvalue weighted by Crippen LogP contribution is -2.48. The molecule has 1 fully saturated rings. The summed E-state index contributed by atoms with van der Waals surface area (Å²) in [5, 5.41) is 31.0. The van der Waals surface area contributed by atoms with Crippen LogP contribution in [0.1, 0.15) is 10.4 Å². The second-order valence-corrected chi connectivity index (χ2v) is 4.97. The summed E-state index contributed by atoms with van der Waals surface area (Å²) in [6, 6.07) is 2.07. The van der Waals surface area contributed by atoms with Crippen LogP contribution in [0.2, 0.25) is 5.02 Å². The molecule has 0 aromatic heterocycles. The number of methoxy groups -OCH3 is 1. The highest BCUT2D eigenvalue weighted by molar-refractivity contribution is 6.34. The number of aliphatic hydroxyl groups is 2. The fourth-order valence-electron chi connectivity index (χ4n) is 1.99. The molecule has 9 nitrogen and oxygen atoms in total. The molecule has 0 saturated carbocycles. The highest BCUT2D eigenvalue weighted by Gasteiger charge is 2.32. The first-order chi connectivity index (χ1) is 10.3. The zero-order chi connectivity index (χ0) is 16.4. The monoisotopic (exact) mass is 332 g/mol. The Morgan fingerprint density at radius 1 is 1.50 bits per heavy atom. The first-order valence-electron chi connectivity index (χ1n) is 6.18. The van der Waals surface area contributed by atoms with Crippen molar-refractivity contribution in [1.82, 2.24) is 0 Å². The number of carbonyl (C=O) groups is 1. The summed E-state index contributed by atoms with van der Waals surface area (Å²) in [6.45, 7) is -0.377. The molecule has 22 heavy (non-hydrogen) atoms. The number of β-amino-alcohol motifs (C(OH)–C–C–N with tert-alkyl or cyclic N) is 1. The molecule has 0 spiro atoms. The quantitative estimate of drug-likeness (QED) is 0.466. The van der Waals surface area contributed by atoms with Gasteiger partial charge in [-0.05, 0) is 0 Å². The van der Waals surface area contributed by atoms with Crippen molar-refractivity contribution in [2.24, 2.45) is 0 Å². The summed E-state index contributed by atoms with van der Waals surface area (Å²) in [5.74, 6) is -0.843. The molecular formula is C12H13ClN2O7. The molecule has 1 aliphatic rings. The number of hydroxylamine groups is 1. The Kier molecular flexibility index (Phi) is 4.81. The largest absolute Gasteiger partial charge is 0.465 e. The van der Waals surface area contributed by atoms with Gasteiger partial charge in [-0.1, -0.05) is 11.6 Å². The number of hydrogen-bond acceptors (Lipinski definition) is 8. The van der Waals surface area contributed by atoms with Gasteiger partial charge in [0.15, 0.2) is 0 Å². The standard InChI is InChI=1S/C12H13ClN2O7/c1-21-12(18)7-2-6(15(19)20)3-8(13)11(7)14-4-9(16)10(17)5-22-14/h2-3,9-10,16-17H,4-5H2,1H3/t9-,10+/m1/s1. The fraction of sp³-hybridized carbons (Fsp3) is 0.417. The van der Waals surface area contributed by atoms with E-state index < -0.39 is 23.1 Å². The minimum Gasteiger partial charge on any atom is -0.465 e. The fourth-order valence-corrected chi connectivity index (χ4v) is 2.29. The molecule has 2 rings (SSSR count). The van der Waals surface area contributed by atoms with Gasteiger partial charge >= 0.3 is 5.97 Å². The molecule has 1 aromatic rings. The lowest BCUT2D eigenvalue weighted by atomic mass is 10.1. The minimum absolute atomic E-state index is 0.0325. The Balaban J connectivity index is 2.49. The number of aliphatic hydroxyl groups excluding tert-OH is 2. The average molecular weight is 333 g/mol. The zero-order valence-corrected chi connectivity index (χ0v) is 12.2. The van der Waals surface area contributed by atoms with Gasteiger partial charge in [0, 0.05) is 12.1 Å². The summed E-state index contributed by atoms with van der Waals surface area (Å²) in [6.07, 6.45) is -2.19. The predicted octanol–water partition coefficient (Wildman–Crippen LogP) is 0.508. The molecule has 1 saturated heterocycles. The maximum Gasteiger partial charge on any atom is 0.340 e. The third-order valence-electron chi connectivity index (χ3n) is 3.11. The molecule has 0 bridgehead atoms. The van der Waals surface area contributed by atoms with Crippen molar-refractivity contribution >= 4 is 28.9 Å². The van der Waals surface area contributed by atoms with Crippen LogP contribution in [0, 0.1) is 10.1 Å². The van der Waals surface area contributed by atoms with E-state index in [9.17, 15) is 25.1 Å². The van der Waals surface area contributed by atoms with Crippen LogP contribution in [0.3, 0.4) is 0 Å². The van der Waals surface area contributed by atoms with E-state index in [2.05, 4.69) is 4.74 Å². The number of anilines is 1. The highest BCUT2D eigenvalue weighted by Crippen LogP contribution is 2.36.